The molecule has 0 aromatic heterocycles. The van der Waals surface area contributed by atoms with Crippen molar-refractivity contribution in [3.05, 3.63) is 0 Å². The second kappa shape index (κ2) is 8.39. The Morgan fingerprint density at radius 2 is 1.65 bits per heavy atom. The highest BCUT2D eigenvalue weighted by molar-refractivity contribution is 5.86. The molecule has 0 saturated carbocycles. The molecule has 0 aliphatic rings. The molecule has 7 nitrogen and oxygen atoms in total. The molecule has 7 heteroatoms. The van der Waals surface area contributed by atoms with Crippen molar-refractivity contribution in [3.8, 4) is 0 Å². The summed E-state index contributed by atoms with van der Waals surface area (Å²) in [4.78, 5) is 35.6. The van der Waals surface area contributed by atoms with Crippen LogP contribution in [0.4, 0.5) is 4.79 Å². The maximum Gasteiger partial charge on any atom is 0.326 e. The number of carboxylic acids is 1. The Kier molecular flexibility index (Phi) is 7.64. The zero-order valence-corrected chi connectivity index (χ0v) is 12.8. The number of amides is 3. The summed E-state index contributed by atoms with van der Waals surface area (Å²) in [6.45, 7) is 7.28. The van der Waals surface area contributed by atoms with Gasteiger partial charge in [0.1, 0.15) is 12.6 Å². The first kappa shape index (κ1) is 18.2. The average Bonchev–Trinajstić information content (AvgIpc) is 2.25. The van der Waals surface area contributed by atoms with Crippen molar-refractivity contribution in [2.24, 2.45) is 5.92 Å². The van der Waals surface area contributed by atoms with Crippen molar-refractivity contribution in [1.29, 1.82) is 0 Å². The fraction of sp³-hybridized carbons (Fsp3) is 0.769. The van der Waals surface area contributed by atoms with Gasteiger partial charge >= 0.3 is 12.0 Å². The minimum absolute atomic E-state index is 0.00771. The van der Waals surface area contributed by atoms with Crippen LogP contribution in [0.3, 0.4) is 0 Å². The lowest BCUT2D eigenvalue weighted by atomic mass is 10.0. The van der Waals surface area contributed by atoms with E-state index in [-0.39, 0.29) is 24.4 Å². The number of carbonyl (C=O) groups is 3. The van der Waals surface area contributed by atoms with Gasteiger partial charge in [-0.1, -0.05) is 13.8 Å². The maximum absolute atomic E-state index is 11.8. The van der Waals surface area contributed by atoms with E-state index in [9.17, 15) is 14.4 Å². The van der Waals surface area contributed by atoms with E-state index in [0.717, 1.165) is 4.90 Å². The van der Waals surface area contributed by atoms with Crippen LogP contribution in [0.25, 0.3) is 0 Å². The van der Waals surface area contributed by atoms with Gasteiger partial charge in [-0.2, -0.15) is 0 Å². The van der Waals surface area contributed by atoms with E-state index in [0.29, 0.717) is 6.42 Å². The van der Waals surface area contributed by atoms with Crippen LogP contribution in [-0.2, 0) is 9.59 Å². The highest BCUT2D eigenvalue weighted by Gasteiger charge is 2.23. The number of carboxylic acid groups (broad SMARTS) is 1. The van der Waals surface area contributed by atoms with Gasteiger partial charge < -0.3 is 20.6 Å². The molecule has 0 spiro atoms. The topological polar surface area (TPSA) is 98.7 Å². The van der Waals surface area contributed by atoms with Gasteiger partial charge in [0.2, 0.25) is 5.91 Å². The molecule has 0 rings (SSSR count). The standard InChI is InChI=1S/C13H25N3O4/c1-8(2)6-10(12(18)19)15-13(20)16(5)7-11(17)14-9(3)4/h8-10H,6-7H2,1-5H3,(H,14,17)(H,15,20)(H,18,19)/t10-/m1/s1. The number of carbonyl (C=O) groups excluding carboxylic acids is 2. The van der Waals surface area contributed by atoms with Crippen LogP contribution in [0.1, 0.15) is 34.1 Å². The number of hydrogen-bond donors (Lipinski definition) is 3. The summed E-state index contributed by atoms with van der Waals surface area (Å²) >= 11 is 0. The first-order valence-electron chi connectivity index (χ1n) is 6.67. The van der Waals surface area contributed by atoms with Gasteiger partial charge in [-0.15, -0.1) is 0 Å². The molecule has 0 aliphatic heterocycles. The fourth-order valence-electron chi connectivity index (χ4n) is 1.61. The van der Waals surface area contributed by atoms with E-state index in [1.165, 1.54) is 7.05 Å². The van der Waals surface area contributed by atoms with E-state index < -0.39 is 18.0 Å². The predicted molar refractivity (Wildman–Crippen MR) is 75.3 cm³/mol. The van der Waals surface area contributed by atoms with Crippen LogP contribution in [0.15, 0.2) is 0 Å². The summed E-state index contributed by atoms with van der Waals surface area (Å²) in [7, 11) is 1.45. The number of urea groups is 1. The van der Waals surface area contributed by atoms with Crippen molar-refractivity contribution < 1.29 is 19.5 Å². The molecule has 20 heavy (non-hydrogen) atoms. The summed E-state index contributed by atoms with van der Waals surface area (Å²) in [6.07, 6.45) is 0.340. The molecule has 3 N–H and O–H groups in total. The minimum Gasteiger partial charge on any atom is -0.480 e. The lowest BCUT2D eigenvalue weighted by Gasteiger charge is -2.22. The molecule has 0 heterocycles. The monoisotopic (exact) mass is 287 g/mol. The van der Waals surface area contributed by atoms with Gasteiger partial charge in [-0.25, -0.2) is 9.59 Å². The third-order valence-corrected chi connectivity index (χ3v) is 2.48. The zero-order valence-electron chi connectivity index (χ0n) is 12.8. The van der Waals surface area contributed by atoms with E-state index in [4.69, 9.17) is 5.11 Å². The first-order valence-corrected chi connectivity index (χ1v) is 6.67. The molecule has 0 bridgehead atoms. The van der Waals surface area contributed by atoms with Gasteiger partial charge in [0.15, 0.2) is 0 Å². The number of hydrogen-bond acceptors (Lipinski definition) is 3. The quantitative estimate of drug-likeness (QED) is 0.640. The highest BCUT2D eigenvalue weighted by Crippen LogP contribution is 2.05. The summed E-state index contributed by atoms with van der Waals surface area (Å²) < 4.78 is 0. The Morgan fingerprint density at radius 3 is 2.05 bits per heavy atom. The lowest BCUT2D eigenvalue weighted by molar-refractivity contribution is -0.139. The summed E-state index contributed by atoms with van der Waals surface area (Å²) in [5, 5.41) is 14.1. The van der Waals surface area contributed by atoms with Gasteiger partial charge in [0.05, 0.1) is 0 Å². The molecule has 0 aromatic rings. The van der Waals surface area contributed by atoms with Crippen molar-refractivity contribution in [2.75, 3.05) is 13.6 Å². The van der Waals surface area contributed by atoms with E-state index in [1.807, 2.05) is 27.7 Å². The molecule has 0 saturated heterocycles. The molecule has 0 aromatic carbocycles. The minimum atomic E-state index is -1.08. The molecule has 0 radical (unpaired) electrons. The molecule has 0 unspecified atom stereocenters. The van der Waals surface area contributed by atoms with Gasteiger partial charge in [0, 0.05) is 13.1 Å². The van der Waals surface area contributed by atoms with Gasteiger partial charge in [0.25, 0.3) is 0 Å². The first-order chi connectivity index (χ1) is 9.13. The molecule has 0 fully saturated rings. The normalized spacial score (nSPS) is 12.2. The Labute approximate surface area is 119 Å². The van der Waals surface area contributed by atoms with Crippen molar-refractivity contribution in [2.45, 2.75) is 46.2 Å². The highest BCUT2D eigenvalue weighted by atomic mass is 16.4. The van der Waals surface area contributed by atoms with Crippen molar-refractivity contribution in [3.63, 3.8) is 0 Å². The smallest absolute Gasteiger partial charge is 0.326 e. The fourth-order valence-corrected chi connectivity index (χ4v) is 1.61. The number of aliphatic carboxylic acids is 1. The summed E-state index contributed by atoms with van der Waals surface area (Å²) in [6, 6.07) is -1.53. The Morgan fingerprint density at radius 1 is 1.10 bits per heavy atom. The molecular weight excluding hydrogens is 262 g/mol. The van der Waals surface area contributed by atoms with E-state index >= 15 is 0 Å². The van der Waals surface area contributed by atoms with Gasteiger partial charge in [-0.05, 0) is 26.2 Å². The number of nitrogens with zero attached hydrogens (tertiary/aromatic N) is 1. The van der Waals surface area contributed by atoms with Crippen LogP contribution in [0.5, 0.6) is 0 Å². The Hall–Kier alpha value is -1.79. The second-order valence-electron chi connectivity index (χ2n) is 5.55. The number of likely N-dealkylation sites (N-methyl/N-ethyl adjacent to an activating group) is 1. The average molecular weight is 287 g/mol. The number of nitrogens with one attached hydrogen (secondary N) is 2. The second-order valence-corrected chi connectivity index (χ2v) is 5.55. The lowest BCUT2D eigenvalue weighted by Crippen LogP contribution is -2.50. The van der Waals surface area contributed by atoms with Crippen LogP contribution in [0.2, 0.25) is 0 Å². The Bertz CT molecular complexity index is 356. The van der Waals surface area contributed by atoms with E-state index in [1.54, 1.807) is 0 Å². The molecule has 116 valence electrons. The third-order valence-electron chi connectivity index (χ3n) is 2.48. The van der Waals surface area contributed by atoms with Crippen molar-refractivity contribution >= 4 is 17.9 Å². The van der Waals surface area contributed by atoms with Crippen LogP contribution < -0.4 is 10.6 Å². The predicted octanol–water partition coefficient (Wildman–Crippen LogP) is 0.652. The largest absolute Gasteiger partial charge is 0.480 e. The summed E-state index contributed by atoms with van der Waals surface area (Å²) in [5.74, 6) is -1.22. The number of rotatable bonds is 7. The van der Waals surface area contributed by atoms with Crippen LogP contribution in [0, 0.1) is 5.92 Å². The zero-order chi connectivity index (χ0) is 15.9. The maximum atomic E-state index is 11.8. The van der Waals surface area contributed by atoms with Crippen LogP contribution in [-0.4, -0.2) is 53.6 Å². The SMILES string of the molecule is CC(C)C[C@@H](NC(=O)N(C)CC(=O)NC(C)C)C(=O)O. The van der Waals surface area contributed by atoms with Crippen molar-refractivity contribution in [1.82, 2.24) is 15.5 Å². The molecule has 0 aliphatic carbocycles. The molecular formula is C13H25N3O4. The van der Waals surface area contributed by atoms with E-state index in [2.05, 4.69) is 10.6 Å². The van der Waals surface area contributed by atoms with Crippen LogP contribution >= 0.6 is 0 Å². The van der Waals surface area contributed by atoms with Gasteiger partial charge in [-0.3, -0.25) is 4.79 Å². The Balaban J connectivity index is 4.42. The molecule has 1 atom stereocenters. The third kappa shape index (κ3) is 7.60. The molecule has 3 amide bonds. The summed E-state index contributed by atoms with van der Waals surface area (Å²) in [5.41, 5.74) is 0.